The molecule has 0 radical (unpaired) electrons. The summed E-state index contributed by atoms with van der Waals surface area (Å²) in [6, 6.07) is 35.8. The maximum Gasteiger partial charge on any atom is 0.357 e. The van der Waals surface area contributed by atoms with Gasteiger partial charge in [-0.3, -0.25) is 0 Å². The zero-order valence-corrected chi connectivity index (χ0v) is 30.7. The van der Waals surface area contributed by atoms with E-state index in [1.807, 2.05) is 97.9 Å². The molecular weight excluding hydrogens is 673 g/mol. The maximum atomic E-state index is 13.4. The smallest absolute Gasteiger partial charge is 0.357 e. The summed E-state index contributed by atoms with van der Waals surface area (Å²) in [6.07, 6.45) is 1.10. The van der Waals surface area contributed by atoms with E-state index >= 15 is 0 Å². The Kier molecular flexibility index (Phi) is 8.95. The van der Waals surface area contributed by atoms with Crippen molar-refractivity contribution in [1.82, 2.24) is 29.8 Å². The van der Waals surface area contributed by atoms with Gasteiger partial charge in [-0.15, -0.1) is 15.0 Å². The molecule has 0 saturated carbocycles. The van der Waals surface area contributed by atoms with Crippen molar-refractivity contribution in [3.05, 3.63) is 179 Å². The number of esters is 1. The molecule has 1 N–H and O–H groups in total. The zero-order valence-electron chi connectivity index (χ0n) is 34.7. The molecule has 7 rings (SSSR count). The molecule has 2 heterocycles. The van der Waals surface area contributed by atoms with E-state index in [1.54, 1.807) is 40.6 Å². The van der Waals surface area contributed by atoms with E-state index in [-0.39, 0.29) is 65.7 Å². The lowest BCUT2D eigenvalue weighted by molar-refractivity contribution is 0.0469. The molecule has 2 aromatic heterocycles. The quantitative estimate of drug-likeness (QED) is 0.0941. The summed E-state index contributed by atoms with van der Waals surface area (Å²) in [6.45, 7) is 6.56. The molecule has 0 aliphatic rings. The summed E-state index contributed by atoms with van der Waals surface area (Å²) in [7, 11) is 0. The average Bonchev–Trinajstić information content (AvgIpc) is 3.87. The van der Waals surface area contributed by atoms with Gasteiger partial charge in [-0.1, -0.05) is 146 Å². The normalized spacial score (nSPS) is 12.8. The van der Waals surface area contributed by atoms with E-state index in [1.165, 1.54) is 13.8 Å². The third-order valence-corrected chi connectivity index (χ3v) is 9.29. The lowest BCUT2D eigenvalue weighted by Crippen LogP contribution is -2.39. The first-order chi connectivity index (χ1) is 27.9. The summed E-state index contributed by atoms with van der Waals surface area (Å²) < 4.78 is 44.0. The fourth-order valence-corrected chi connectivity index (χ4v) is 6.87. The molecule has 0 aliphatic heterocycles. The third kappa shape index (κ3) is 6.86. The van der Waals surface area contributed by atoms with Crippen LogP contribution in [-0.4, -0.2) is 47.4 Å². The highest BCUT2D eigenvalue weighted by Crippen LogP contribution is 2.40. The number of nitrogens with zero attached hydrogens (tertiary/aromatic N) is 6. The van der Waals surface area contributed by atoms with Crippen LogP contribution in [0.25, 0.3) is 22.5 Å². The van der Waals surface area contributed by atoms with Crippen molar-refractivity contribution in [2.45, 2.75) is 58.2 Å². The van der Waals surface area contributed by atoms with Gasteiger partial charge in [0.25, 0.3) is 0 Å². The van der Waals surface area contributed by atoms with Gasteiger partial charge in [0.05, 0.1) is 12.1 Å². The highest BCUT2D eigenvalue weighted by atomic mass is 16.5. The number of benzene rings is 5. The van der Waals surface area contributed by atoms with Crippen molar-refractivity contribution < 1.29 is 20.1 Å². The van der Waals surface area contributed by atoms with E-state index in [9.17, 15) is 15.4 Å². The van der Waals surface area contributed by atoms with Gasteiger partial charge in [0.1, 0.15) is 17.1 Å². The van der Waals surface area contributed by atoms with Crippen LogP contribution in [0.4, 0.5) is 0 Å². The SMILES string of the molecule is [2H]c1c([2H])c(-c2ccccc2-c2nnn(C(c3ccccc3)(c3ccccc3)c3ccccc3)n2)c([2H])c([2H])c1Cn1c(CCC)nc(C(C)(C)O)c1C(=O)OCC. The van der Waals surface area contributed by atoms with Gasteiger partial charge in [-0.05, 0) is 65.8 Å². The number of carbonyl (C=O) groups excluding carboxylic acids is 1. The van der Waals surface area contributed by atoms with Crippen molar-refractivity contribution in [2.24, 2.45) is 0 Å². The number of imidazole rings is 1. The molecule has 0 unspecified atom stereocenters. The number of rotatable bonds is 13. The van der Waals surface area contributed by atoms with Crippen molar-refractivity contribution in [1.29, 1.82) is 0 Å². The number of aliphatic hydroxyl groups is 1. The Morgan fingerprint density at radius 3 is 1.83 bits per heavy atom. The summed E-state index contributed by atoms with van der Waals surface area (Å²) >= 11 is 0. The Morgan fingerprint density at radius 1 is 0.778 bits per heavy atom. The van der Waals surface area contributed by atoms with Crippen molar-refractivity contribution in [3.8, 4) is 22.5 Å². The highest BCUT2D eigenvalue weighted by Gasteiger charge is 2.41. The van der Waals surface area contributed by atoms with Gasteiger partial charge in [0.15, 0.2) is 11.2 Å². The lowest BCUT2D eigenvalue weighted by atomic mass is 9.77. The minimum absolute atomic E-state index is 0.0100. The summed E-state index contributed by atoms with van der Waals surface area (Å²) in [5.74, 6) is -0.0168. The zero-order chi connectivity index (χ0) is 41.2. The average molecular weight is 721 g/mol. The molecule has 9 nitrogen and oxygen atoms in total. The monoisotopic (exact) mass is 720 g/mol. The van der Waals surface area contributed by atoms with Crippen LogP contribution in [0, 0.1) is 0 Å². The molecule has 0 bridgehead atoms. The Balaban J connectivity index is 1.38. The van der Waals surface area contributed by atoms with Crippen LogP contribution in [0.1, 0.15) is 83.9 Å². The molecule has 9 heteroatoms. The molecule has 0 spiro atoms. The van der Waals surface area contributed by atoms with Gasteiger partial charge >= 0.3 is 5.97 Å². The van der Waals surface area contributed by atoms with Crippen molar-refractivity contribution in [2.75, 3.05) is 6.61 Å². The fourth-order valence-electron chi connectivity index (χ4n) is 6.87. The van der Waals surface area contributed by atoms with Crippen molar-refractivity contribution in [3.63, 3.8) is 0 Å². The van der Waals surface area contributed by atoms with Gasteiger partial charge in [0.2, 0.25) is 5.82 Å². The number of tetrazole rings is 1. The second-order valence-corrected chi connectivity index (χ2v) is 13.5. The molecule has 5 aromatic carbocycles. The summed E-state index contributed by atoms with van der Waals surface area (Å²) in [4.78, 5) is 19.6. The van der Waals surface area contributed by atoms with Crippen LogP contribution in [0.2, 0.25) is 0 Å². The van der Waals surface area contributed by atoms with Crippen LogP contribution < -0.4 is 0 Å². The molecule has 54 heavy (non-hydrogen) atoms. The minimum atomic E-state index is -1.50. The highest BCUT2D eigenvalue weighted by molar-refractivity contribution is 5.89. The Bertz CT molecular complexity index is 2450. The van der Waals surface area contributed by atoms with Gasteiger partial charge in [-0.25, -0.2) is 9.78 Å². The maximum absolute atomic E-state index is 13.4. The standard InChI is InChI=1S/C45H44N6O3/c1-5-18-39-46-41(44(3,4)53)40(43(52)54-6-2)50(39)31-32-27-29-33(30-28-32)37-25-16-17-26-38(37)42-47-49-51(48-42)45(34-19-10-7-11-20-34,35-21-12-8-13-22-35)36-23-14-9-15-24-36/h7-17,19-30,53H,5-6,18,31H2,1-4H3/i27D,28D,29D,30D. The first-order valence-corrected chi connectivity index (χ1v) is 18.1. The number of aromatic nitrogens is 6. The summed E-state index contributed by atoms with van der Waals surface area (Å²) in [5, 5.41) is 25.3. The van der Waals surface area contributed by atoms with Crippen LogP contribution >= 0.6 is 0 Å². The molecule has 7 aromatic rings. The predicted molar refractivity (Wildman–Crippen MR) is 210 cm³/mol. The topological polar surface area (TPSA) is 108 Å². The second kappa shape index (κ2) is 15.4. The number of hydrogen-bond donors (Lipinski definition) is 1. The molecule has 0 fully saturated rings. The Hall–Kier alpha value is -6.19. The summed E-state index contributed by atoms with van der Waals surface area (Å²) in [5.41, 5.74) is 1.27. The van der Waals surface area contributed by atoms with Crippen molar-refractivity contribution >= 4 is 5.97 Å². The van der Waals surface area contributed by atoms with Crippen LogP contribution in [0.5, 0.6) is 0 Å². The molecule has 0 saturated heterocycles. The molecule has 0 amide bonds. The number of ether oxygens (including phenoxy) is 1. The van der Waals surface area contributed by atoms with E-state index in [2.05, 4.69) is 15.3 Å². The first kappa shape index (κ1) is 31.3. The fraction of sp³-hybridized carbons (Fsp3) is 0.222. The largest absolute Gasteiger partial charge is 0.461 e. The van der Waals surface area contributed by atoms with Crippen LogP contribution in [-0.2, 0) is 28.8 Å². The molecular formula is C45H44N6O3. The van der Waals surface area contributed by atoms with Crippen LogP contribution in [0.3, 0.4) is 0 Å². The van der Waals surface area contributed by atoms with E-state index < -0.39 is 17.1 Å². The molecule has 272 valence electrons. The molecule has 0 aliphatic carbocycles. The number of carbonyl (C=O) groups is 1. The Morgan fingerprint density at radius 2 is 1.31 bits per heavy atom. The van der Waals surface area contributed by atoms with E-state index in [4.69, 9.17) is 9.84 Å². The van der Waals surface area contributed by atoms with Gasteiger partial charge < -0.3 is 14.4 Å². The van der Waals surface area contributed by atoms with E-state index in [0.29, 0.717) is 29.8 Å². The van der Waals surface area contributed by atoms with E-state index in [0.717, 1.165) is 16.7 Å². The Labute approximate surface area is 321 Å². The molecule has 0 atom stereocenters. The van der Waals surface area contributed by atoms with Gasteiger partial charge in [-0.2, -0.15) is 0 Å². The predicted octanol–water partition coefficient (Wildman–Crippen LogP) is 8.45. The third-order valence-electron chi connectivity index (χ3n) is 9.29. The second-order valence-electron chi connectivity index (χ2n) is 13.5. The number of aryl methyl sites for hydroxylation is 1. The van der Waals surface area contributed by atoms with Crippen LogP contribution in [0.15, 0.2) is 139 Å². The number of hydrogen-bond acceptors (Lipinski definition) is 7. The minimum Gasteiger partial charge on any atom is -0.461 e. The first-order valence-electron chi connectivity index (χ1n) is 20.1. The lowest BCUT2D eigenvalue weighted by Gasteiger charge is -2.34. The van der Waals surface area contributed by atoms with Gasteiger partial charge in [0, 0.05) is 18.5 Å².